The Morgan fingerprint density at radius 2 is 1.63 bits per heavy atom. The van der Waals surface area contributed by atoms with Gasteiger partial charge < -0.3 is 20.0 Å². The van der Waals surface area contributed by atoms with E-state index in [1.54, 1.807) is 35.1 Å². The summed E-state index contributed by atoms with van der Waals surface area (Å²) in [6, 6.07) is 17.2. The Balaban J connectivity index is 1.36. The second-order valence-corrected chi connectivity index (χ2v) is 8.36. The maximum atomic E-state index is 12.9. The topological polar surface area (TPSA) is 114 Å². The maximum absolute atomic E-state index is 12.9. The fraction of sp³-hybridized carbons (Fsp3) is 0.231. The quantitative estimate of drug-likeness (QED) is 0.322. The first-order valence-corrected chi connectivity index (χ1v) is 11.3. The van der Waals surface area contributed by atoms with Crippen molar-refractivity contribution >= 4 is 23.5 Å². The molecule has 1 fully saturated rings. The minimum absolute atomic E-state index is 0.0705. The molecular formula is C26H28N6O3. The summed E-state index contributed by atoms with van der Waals surface area (Å²) in [5, 5.41) is 3.19. The van der Waals surface area contributed by atoms with Crippen molar-refractivity contribution < 1.29 is 14.4 Å². The smallest absolute Gasteiger partial charge is 0.253 e. The number of hydrogen-bond donors (Lipinski definition) is 2. The highest BCUT2D eigenvalue weighted by atomic mass is 16.6. The molecule has 2 heterocycles. The second-order valence-electron chi connectivity index (χ2n) is 8.36. The number of carbonyl (C=O) groups is 2. The lowest BCUT2D eigenvalue weighted by molar-refractivity contribution is -0.128. The van der Waals surface area contributed by atoms with Gasteiger partial charge >= 0.3 is 0 Å². The van der Waals surface area contributed by atoms with Gasteiger partial charge in [0.2, 0.25) is 5.95 Å². The van der Waals surface area contributed by atoms with Gasteiger partial charge in [0.15, 0.2) is 0 Å². The van der Waals surface area contributed by atoms with Crippen LogP contribution in [0.5, 0.6) is 0 Å². The highest BCUT2D eigenvalue weighted by Crippen LogP contribution is 2.21. The van der Waals surface area contributed by atoms with E-state index in [1.165, 1.54) is 11.8 Å². The van der Waals surface area contributed by atoms with Crippen LogP contribution in [0.3, 0.4) is 0 Å². The van der Waals surface area contributed by atoms with Crippen LogP contribution in [0.25, 0.3) is 11.3 Å². The maximum Gasteiger partial charge on any atom is 0.253 e. The van der Waals surface area contributed by atoms with Crippen molar-refractivity contribution in [3.63, 3.8) is 0 Å². The van der Waals surface area contributed by atoms with E-state index in [0.29, 0.717) is 43.3 Å². The highest BCUT2D eigenvalue weighted by molar-refractivity contribution is 5.95. The summed E-state index contributed by atoms with van der Waals surface area (Å²) in [5.74, 6) is 5.26. The van der Waals surface area contributed by atoms with E-state index < -0.39 is 0 Å². The van der Waals surface area contributed by atoms with Crippen molar-refractivity contribution in [2.45, 2.75) is 13.8 Å². The van der Waals surface area contributed by atoms with Crippen LogP contribution < -0.4 is 11.2 Å². The SMILES string of the molecule is C/C(=C\ON)C(=O)N1CCN(C(=O)c2ccc(Nc3nccc(-c4ccc(C)cc4)n3)cc2)CC1. The molecule has 0 unspecified atom stereocenters. The average Bonchev–Trinajstić information content (AvgIpc) is 2.89. The van der Waals surface area contributed by atoms with Gasteiger partial charge in [-0.15, -0.1) is 0 Å². The molecule has 1 aromatic heterocycles. The zero-order chi connectivity index (χ0) is 24.8. The molecule has 4 rings (SSSR count). The zero-order valence-corrected chi connectivity index (χ0v) is 19.8. The number of amides is 2. The van der Waals surface area contributed by atoms with Gasteiger partial charge in [-0.1, -0.05) is 29.8 Å². The van der Waals surface area contributed by atoms with Crippen LogP contribution in [0.4, 0.5) is 11.6 Å². The van der Waals surface area contributed by atoms with Crippen molar-refractivity contribution in [3.8, 4) is 11.3 Å². The molecule has 9 nitrogen and oxygen atoms in total. The number of nitrogens with one attached hydrogen (secondary N) is 1. The Labute approximate surface area is 204 Å². The number of benzene rings is 2. The molecule has 35 heavy (non-hydrogen) atoms. The van der Waals surface area contributed by atoms with E-state index in [4.69, 9.17) is 5.90 Å². The molecule has 0 bridgehead atoms. The van der Waals surface area contributed by atoms with Crippen LogP contribution in [0.1, 0.15) is 22.8 Å². The predicted molar refractivity (Wildman–Crippen MR) is 133 cm³/mol. The van der Waals surface area contributed by atoms with Crippen LogP contribution in [0.2, 0.25) is 0 Å². The number of aromatic nitrogens is 2. The summed E-state index contributed by atoms with van der Waals surface area (Å²) in [4.78, 5) is 42.0. The zero-order valence-electron chi connectivity index (χ0n) is 19.8. The van der Waals surface area contributed by atoms with Gasteiger partial charge in [-0.25, -0.2) is 9.97 Å². The lowest BCUT2D eigenvalue weighted by atomic mass is 10.1. The second kappa shape index (κ2) is 10.8. The Kier molecular flexibility index (Phi) is 7.37. The number of rotatable bonds is 6. The monoisotopic (exact) mass is 472 g/mol. The van der Waals surface area contributed by atoms with E-state index in [-0.39, 0.29) is 11.8 Å². The first kappa shape index (κ1) is 23.9. The van der Waals surface area contributed by atoms with Gasteiger partial charge in [0.05, 0.1) is 11.3 Å². The molecule has 1 aliphatic heterocycles. The summed E-state index contributed by atoms with van der Waals surface area (Å²) in [7, 11) is 0. The Bertz CT molecular complexity index is 1220. The Morgan fingerprint density at radius 1 is 0.971 bits per heavy atom. The summed E-state index contributed by atoms with van der Waals surface area (Å²) >= 11 is 0. The van der Waals surface area contributed by atoms with Gasteiger partial charge in [-0.3, -0.25) is 9.59 Å². The molecular weight excluding hydrogens is 444 g/mol. The third kappa shape index (κ3) is 5.82. The number of nitrogens with two attached hydrogens (primary N) is 1. The van der Waals surface area contributed by atoms with Crippen molar-refractivity contribution in [2.75, 3.05) is 31.5 Å². The molecule has 0 spiro atoms. The highest BCUT2D eigenvalue weighted by Gasteiger charge is 2.25. The van der Waals surface area contributed by atoms with Crippen molar-refractivity contribution in [3.05, 3.63) is 83.8 Å². The summed E-state index contributed by atoms with van der Waals surface area (Å²) in [5.41, 5.74) is 4.82. The average molecular weight is 473 g/mol. The molecule has 2 amide bonds. The van der Waals surface area contributed by atoms with Gasteiger partial charge in [0.25, 0.3) is 11.8 Å². The number of nitrogens with zero attached hydrogens (tertiary/aromatic N) is 4. The molecule has 0 aliphatic carbocycles. The van der Waals surface area contributed by atoms with Gasteiger partial charge in [-0.05, 0) is 44.2 Å². The Morgan fingerprint density at radius 3 is 2.29 bits per heavy atom. The fourth-order valence-corrected chi connectivity index (χ4v) is 3.83. The van der Waals surface area contributed by atoms with E-state index >= 15 is 0 Å². The molecule has 3 aromatic rings. The standard InChI is InChI=1S/C26H28N6O3/c1-18-3-5-20(6-4-18)23-11-12-28-26(30-23)29-22-9-7-21(8-10-22)25(34)32-15-13-31(14-16-32)24(33)19(2)17-35-27/h3-12,17H,13-16,27H2,1-2H3,(H,28,29,30)/b19-17+. The summed E-state index contributed by atoms with van der Waals surface area (Å²) < 4.78 is 0. The molecule has 0 saturated carbocycles. The number of carbonyl (C=O) groups excluding carboxylic acids is 2. The number of aryl methyl sites for hydroxylation is 1. The first-order chi connectivity index (χ1) is 16.9. The van der Waals surface area contributed by atoms with Crippen LogP contribution in [0, 0.1) is 6.92 Å². The summed E-state index contributed by atoms with van der Waals surface area (Å²) in [6.45, 7) is 5.52. The van der Waals surface area contributed by atoms with Crippen molar-refractivity contribution in [1.29, 1.82) is 0 Å². The lowest BCUT2D eigenvalue weighted by Crippen LogP contribution is -2.50. The van der Waals surface area contributed by atoms with Gasteiger partial charge in [0.1, 0.15) is 6.26 Å². The Hall–Kier alpha value is -4.24. The minimum atomic E-state index is -0.147. The minimum Gasteiger partial charge on any atom is -0.419 e. The van der Waals surface area contributed by atoms with Crippen molar-refractivity contribution in [1.82, 2.24) is 19.8 Å². The largest absolute Gasteiger partial charge is 0.419 e. The number of piperazine rings is 1. The van der Waals surface area contributed by atoms with E-state index in [0.717, 1.165) is 16.9 Å². The normalized spacial score (nSPS) is 14.0. The van der Waals surface area contributed by atoms with E-state index in [9.17, 15) is 9.59 Å². The molecule has 0 atom stereocenters. The van der Waals surface area contributed by atoms with Crippen LogP contribution in [0.15, 0.2) is 72.6 Å². The molecule has 1 aliphatic rings. The predicted octanol–water partition coefficient (Wildman–Crippen LogP) is 3.27. The van der Waals surface area contributed by atoms with E-state index in [2.05, 4.69) is 20.1 Å². The molecule has 3 N–H and O–H groups in total. The van der Waals surface area contributed by atoms with Crippen molar-refractivity contribution in [2.24, 2.45) is 5.90 Å². The molecule has 2 aromatic carbocycles. The van der Waals surface area contributed by atoms with Gasteiger partial charge in [0, 0.05) is 49.2 Å². The molecule has 1 saturated heterocycles. The van der Waals surface area contributed by atoms with E-state index in [1.807, 2.05) is 49.4 Å². The first-order valence-electron chi connectivity index (χ1n) is 11.3. The van der Waals surface area contributed by atoms with Crippen LogP contribution in [-0.2, 0) is 9.63 Å². The number of hydrogen-bond acceptors (Lipinski definition) is 7. The third-order valence-corrected chi connectivity index (χ3v) is 5.83. The van der Waals surface area contributed by atoms with Crippen LogP contribution in [-0.4, -0.2) is 57.8 Å². The number of anilines is 2. The third-order valence-electron chi connectivity index (χ3n) is 5.83. The molecule has 0 radical (unpaired) electrons. The molecule has 180 valence electrons. The lowest BCUT2D eigenvalue weighted by Gasteiger charge is -2.35. The van der Waals surface area contributed by atoms with Crippen LogP contribution >= 0.6 is 0 Å². The molecule has 9 heteroatoms. The van der Waals surface area contributed by atoms with Gasteiger partial charge in [-0.2, -0.15) is 5.90 Å². The summed E-state index contributed by atoms with van der Waals surface area (Å²) in [6.07, 6.45) is 2.94. The fourth-order valence-electron chi connectivity index (χ4n) is 3.83.